The molecule has 0 spiro atoms. The molecule has 0 aliphatic heterocycles. The topological polar surface area (TPSA) is 75.9 Å². The Balaban J connectivity index is 2.10. The molecule has 1 fully saturated rings. The van der Waals surface area contributed by atoms with Crippen LogP contribution < -0.4 is 16.6 Å². The van der Waals surface area contributed by atoms with Gasteiger partial charge in [-0.1, -0.05) is 32.0 Å². The minimum atomic E-state index is 0.500. The molecule has 4 N–H and O–H groups in total. The van der Waals surface area contributed by atoms with Gasteiger partial charge in [0.15, 0.2) is 5.16 Å². The fourth-order valence-corrected chi connectivity index (χ4v) is 3.26. The highest BCUT2D eigenvalue weighted by molar-refractivity contribution is 7.98. The number of aromatic nitrogens is 2. The third-order valence-electron chi connectivity index (χ3n) is 4.12. The zero-order valence-electron chi connectivity index (χ0n) is 11.8. The molecule has 5 nitrogen and oxygen atoms in total. The Labute approximate surface area is 119 Å². The SMILES string of the molecule is CCC1CCC(Nc2cc(NN)nc(SC)n2)C1C. The fourth-order valence-electron chi connectivity index (χ4n) is 2.88. The second kappa shape index (κ2) is 6.43. The molecule has 0 bridgehead atoms. The number of nitrogens with one attached hydrogen (secondary N) is 2. The Morgan fingerprint density at radius 2 is 2.11 bits per heavy atom. The predicted molar refractivity (Wildman–Crippen MR) is 81.2 cm³/mol. The van der Waals surface area contributed by atoms with E-state index >= 15 is 0 Å². The lowest BCUT2D eigenvalue weighted by molar-refractivity contribution is 0.391. The lowest BCUT2D eigenvalue weighted by Crippen LogP contribution is -2.25. The van der Waals surface area contributed by atoms with Crippen molar-refractivity contribution < 1.29 is 0 Å². The zero-order valence-corrected chi connectivity index (χ0v) is 12.6. The number of nitrogens with zero attached hydrogens (tertiary/aromatic N) is 2. The molecule has 0 radical (unpaired) electrons. The van der Waals surface area contributed by atoms with E-state index in [2.05, 4.69) is 34.6 Å². The van der Waals surface area contributed by atoms with Crippen molar-refractivity contribution in [1.82, 2.24) is 9.97 Å². The summed E-state index contributed by atoms with van der Waals surface area (Å²) in [5, 5.41) is 4.28. The van der Waals surface area contributed by atoms with Crippen LogP contribution in [0.5, 0.6) is 0 Å². The summed E-state index contributed by atoms with van der Waals surface area (Å²) in [6, 6.07) is 2.37. The minimum Gasteiger partial charge on any atom is -0.367 e. The summed E-state index contributed by atoms with van der Waals surface area (Å²) in [6.07, 6.45) is 5.74. The van der Waals surface area contributed by atoms with Crippen LogP contribution in [0.15, 0.2) is 11.2 Å². The molecule has 1 saturated carbocycles. The summed E-state index contributed by atoms with van der Waals surface area (Å²) in [6.45, 7) is 4.61. The van der Waals surface area contributed by atoms with Crippen molar-refractivity contribution in [3.05, 3.63) is 6.07 Å². The summed E-state index contributed by atoms with van der Waals surface area (Å²) in [4.78, 5) is 8.76. The Morgan fingerprint density at radius 3 is 2.68 bits per heavy atom. The van der Waals surface area contributed by atoms with Crippen LogP contribution in [0, 0.1) is 11.8 Å². The highest BCUT2D eigenvalue weighted by Gasteiger charge is 2.31. The lowest BCUT2D eigenvalue weighted by atomic mass is 9.93. The van der Waals surface area contributed by atoms with Crippen molar-refractivity contribution in [1.29, 1.82) is 0 Å². The van der Waals surface area contributed by atoms with E-state index in [0.717, 1.165) is 16.9 Å². The van der Waals surface area contributed by atoms with E-state index in [1.54, 1.807) is 0 Å². The molecular formula is C13H23N5S. The van der Waals surface area contributed by atoms with E-state index in [1.807, 2.05) is 12.3 Å². The van der Waals surface area contributed by atoms with Gasteiger partial charge in [0.1, 0.15) is 11.6 Å². The van der Waals surface area contributed by atoms with Gasteiger partial charge in [0.25, 0.3) is 0 Å². The number of nitrogen functional groups attached to an aromatic ring is 1. The largest absolute Gasteiger partial charge is 0.367 e. The first-order chi connectivity index (χ1) is 9.17. The van der Waals surface area contributed by atoms with Crippen LogP contribution in [-0.4, -0.2) is 22.3 Å². The van der Waals surface area contributed by atoms with Crippen LogP contribution in [0.2, 0.25) is 0 Å². The summed E-state index contributed by atoms with van der Waals surface area (Å²) < 4.78 is 0. The Bertz CT molecular complexity index is 403. The standard InChI is InChI=1S/C13H23N5S/c1-4-9-5-6-10(8(9)2)15-11-7-12(18-14)17-13(16-11)19-3/h7-10H,4-6,14H2,1-3H3,(H2,15,16,17,18). The third-order valence-corrected chi connectivity index (χ3v) is 4.67. The van der Waals surface area contributed by atoms with E-state index in [-0.39, 0.29) is 0 Å². The molecular weight excluding hydrogens is 258 g/mol. The molecule has 1 aliphatic rings. The van der Waals surface area contributed by atoms with Gasteiger partial charge in [0, 0.05) is 12.1 Å². The van der Waals surface area contributed by atoms with Gasteiger partial charge in [0.2, 0.25) is 0 Å². The first kappa shape index (κ1) is 14.4. The zero-order chi connectivity index (χ0) is 13.8. The minimum absolute atomic E-state index is 0.500. The normalized spacial score (nSPS) is 26.4. The quantitative estimate of drug-likeness (QED) is 0.333. The van der Waals surface area contributed by atoms with Gasteiger partial charge in [-0.05, 0) is 30.9 Å². The maximum atomic E-state index is 5.44. The summed E-state index contributed by atoms with van der Waals surface area (Å²) >= 11 is 1.52. The molecule has 0 aromatic carbocycles. The number of nitrogens with two attached hydrogens (primary N) is 1. The lowest BCUT2D eigenvalue weighted by Gasteiger charge is -2.21. The maximum absolute atomic E-state index is 5.44. The Morgan fingerprint density at radius 1 is 1.37 bits per heavy atom. The van der Waals surface area contributed by atoms with Crippen molar-refractivity contribution in [2.45, 2.75) is 44.3 Å². The van der Waals surface area contributed by atoms with Gasteiger partial charge >= 0.3 is 0 Å². The molecule has 1 aromatic heterocycles. The molecule has 1 heterocycles. The number of rotatable bonds is 5. The van der Waals surface area contributed by atoms with Crippen molar-refractivity contribution in [2.75, 3.05) is 17.0 Å². The first-order valence-electron chi connectivity index (χ1n) is 6.84. The van der Waals surface area contributed by atoms with E-state index in [0.29, 0.717) is 17.8 Å². The van der Waals surface area contributed by atoms with Crippen LogP contribution in [-0.2, 0) is 0 Å². The summed E-state index contributed by atoms with van der Waals surface area (Å²) in [7, 11) is 0. The fraction of sp³-hybridized carbons (Fsp3) is 0.692. The Hall–Kier alpha value is -1.01. The maximum Gasteiger partial charge on any atom is 0.191 e. The number of anilines is 2. The van der Waals surface area contributed by atoms with Crippen LogP contribution >= 0.6 is 11.8 Å². The Kier molecular flexibility index (Phi) is 4.87. The van der Waals surface area contributed by atoms with Crippen LogP contribution in [0.25, 0.3) is 0 Å². The molecule has 1 aliphatic carbocycles. The highest BCUT2D eigenvalue weighted by atomic mass is 32.2. The molecule has 3 unspecified atom stereocenters. The van der Waals surface area contributed by atoms with Gasteiger partial charge in [-0.15, -0.1) is 0 Å². The summed E-state index contributed by atoms with van der Waals surface area (Å²) in [5.74, 6) is 8.47. The van der Waals surface area contributed by atoms with Crippen molar-refractivity contribution in [3.8, 4) is 0 Å². The van der Waals surface area contributed by atoms with Gasteiger partial charge < -0.3 is 10.7 Å². The third kappa shape index (κ3) is 3.30. The van der Waals surface area contributed by atoms with Crippen molar-refractivity contribution in [3.63, 3.8) is 0 Å². The number of hydrogen-bond acceptors (Lipinski definition) is 6. The second-order valence-electron chi connectivity index (χ2n) is 5.13. The van der Waals surface area contributed by atoms with Crippen molar-refractivity contribution >= 4 is 23.4 Å². The average molecular weight is 281 g/mol. The highest BCUT2D eigenvalue weighted by Crippen LogP contribution is 2.35. The van der Waals surface area contributed by atoms with E-state index in [9.17, 15) is 0 Å². The molecule has 2 rings (SSSR count). The number of hydrogen-bond donors (Lipinski definition) is 3. The molecule has 3 atom stereocenters. The van der Waals surface area contributed by atoms with E-state index in [1.165, 1.54) is 31.0 Å². The van der Waals surface area contributed by atoms with E-state index in [4.69, 9.17) is 5.84 Å². The molecule has 0 saturated heterocycles. The predicted octanol–water partition coefficient (Wildman–Crippen LogP) is 2.72. The van der Waals surface area contributed by atoms with Gasteiger partial charge in [-0.25, -0.2) is 15.8 Å². The van der Waals surface area contributed by atoms with Gasteiger partial charge in [-0.2, -0.15) is 0 Å². The summed E-state index contributed by atoms with van der Waals surface area (Å²) in [5.41, 5.74) is 2.59. The molecule has 106 valence electrons. The van der Waals surface area contributed by atoms with Crippen LogP contribution in [0.4, 0.5) is 11.6 Å². The van der Waals surface area contributed by atoms with Crippen LogP contribution in [0.3, 0.4) is 0 Å². The first-order valence-corrected chi connectivity index (χ1v) is 8.06. The van der Waals surface area contributed by atoms with Crippen molar-refractivity contribution in [2.24, 2.45) is 17.7 Å². The molecule has 1 aromatic rings. The second-order valence-corrected chi connectivity index (χ2v) is 5.90. The number of thioether (sulfide) groups is 1. The molecule has 6 heteroatoms. The molecule has 0 amide bonds. The van der Waals surface area contributed by atoms with Gasteiger partial charge in [-0.3, -0.25) is 0 Å². The van der Waals surface area contributed by atoms with Gasteiger partial charge in [0.05, 0.1) is 0 Å². The number of hydrazine groups is 1. The molecule has 19 heavy (non-hydrogen) atoms. The smallest absolute Gasteiger partial charge is 0.191 e. The average Bonchev–Trinajstić information content (AvgIpc) is 2.79. The monoisotopic (exact) mass is 281 g/mol. The van der Waals surface area contributed by atoms with E-state index < -0.39 is 0 Å². The van der Waals surface area contributed by atoms with Crippen LogP contribution in [0.1, 0.15) is 33.1 Å².